The molecular weight excluding hydrogens is 418 g/mol. The molecule has 0 aromatic heterocycles. The molecule has 2 rings (SSSR count). The van der Waals surface area contributed by atoms with Gasteiger partial charge in [-0.3, -0.25) is 14.9 Å². The fraction of sp³-hybridized carbons (Fsp3) is 0.632. The standard InChI is InChI=1S/C19H28ClN3O5S/c1-13(2)4-5-14(3)21-19(24)15-8-10-22(11-9-15)29(27,28)16-6-7-17(20)18(12-16)23(25)26/h6-7,12-15H,4-5,8-11H2,1-3H3,(H,21,24). The molecule has 1 aromatic rings. The number of hydrogen-bond donors (Lipinski definition) is 1. The van der Waals surface area contributed by atoms with E-state index in [9.17, 15) is 23.3 Å². The largest absolute Gasteiger partial charge is 0.353 e. The number of piperidine rings is 1. The molecule has 1 fully saturated rings. The third kappa shape index (κ3) is 6.13. The predicted molar refractivity (Wildman–Crippen MR) is 111 cm³/mol. The van der Waals surface area contributed by atoms with Crippen LogP contribution < -0.4 is 5.32 Å². The maximum Gasteiger partial charge on any atom is 0.289 e. The average Bonchev–Trinajstić information content (AvgIpc) is 2.66. The van der Waals surface area contributed by atoms with Gasteiger partial charge in [-0.1, -0.05) is 25.4 Å². The summed E-state index contributed by atoms with van der Waals surface area (Å²) in [7, 11) is -3.89. The third-order valence-electron chi connectivity index (χ3n) is 5.14. The highest BCUT2D eigenvalue weighted by atomic mass is 35.5. The molecule has 8 nitrogen and oxygen atoms in total. The van der Waals surface area contributed by atoms with Gasteiger partial charge in [0.2, 0.25) is 15.9 Å². The number of sulfonamides is 1. The molecule has 1 N–H and O–H groups in total. The predicted octanol–water partition coefficient (Wildman–Crippen LogP) is 3.59. The highest BCUT2D eigenvalue weighted by molar-refractivity contribution is 7.89. The quantitative estimate of drug-likeness (QED) is 0.485. The lowest BCUT2D eigenvalue weighted by atomic mass is 9.96. The fourth-order valence-electron chi connectivity index (χ4n) is 3.32. The number of amides is 1. The Bertz CT molecular complexity index is 851. The molecule has 1 atom stereocenters. The first kappa shape index (κ1) is 23.6. The van der Waals surface area contributed by atoms with Gasteiger partial charge in [0.15, 0.2) is 0 Å². The second-order valence-electron chi connectivity index (χ2n) is 7.93. The fourth-order valence-corrected chi connectivity index (χ4v) is 4.99. The van der Waals surface area contributed by atoms with Crippen molar-refractivity contribution in [3.8, 4) is 0 Å². The summed E-state index contributed by atoms with van der Waals surface area (Å²) in [5.74, 6) is 0.300. The van der Waals surface area contributed by atoms with Crippen molar-refractivity contribution in [2.24, 2.45) is 11.8 Å². The Labute approximate surface area is 176 Å². The Morgan fingerprint density at radius 3 is 2.45 bits per heavy atom. The van der Waals surface area contributed by atoms with E-state index >= 15 is 0 Å². The van der Waals surface area contributed by atoms with Crippen LogP contribution in [-0.2, 0) is 14.8 Å². The minimum atomic E-state index is -3.89. The van der Waals surface area contributed by atoms with Crippen LogP contribution in [0.4, 0.5) is 5.69 Å². The number of nitro benzene ring substituents is 1. The monoisotopic (exact) mass is 445 g/mol. The maximum absolute atomic E-state index is 12.8. The number of nitrogens with one attached hydrogen (secondary N) is 1. The Kier molecular flexibility index (Phi) is 8.02. The Balaban J connectivity index is 1.98. The van der Waals surface area contributed by atoms with E-state index in [4.69, 9.17) is 11.6 Å². The normalized spacial score (nSPS) is 17.3. The molecule has 0 bridgehead atoms. The molecule has 1 aromatic carbocycles. The molecule has 1 aliphatic heterocycles. The van der Waals surface area contributed by atoms with Crippen LogP contribution in [0.2, 0.25) is 5.02 Å². The number of carbonyl (C=O) groups is 1. The molecule has 1 unspecified atom stereocenters. The summed E-state index contributed by atoms with van der Waals surface area (Å²) in [6, 6.07) is 3.54. The summed E-state index contributed by atoms with van der Waals surface area (Å²) in [5, 5.41) is 13.9. The second kappa shape index (κ2) is 9.86. The molecule has 162 valence electrons. The summed E-state index contributed by atoms with van der Waals surface area (Å²) >= 11 is 5.77. The van der Waals surface area contributed by atoms with Gasteiger partial charge in [-0.25, -0.2) is 8.42 Å². The zero-order chi connectivity index (χ0) is 21.8. The topological polar surface area (TPSA) is 110 Å². The van der Waals surface area contributed by atoms with E-state index in [1.807, 2.05) is 6.92 Å². The van der Waals surface area contributed by atoms with E-state index in [1.165, 1.54) is 16.4 Å². The van der Waals surface area contributed by atoms with Gasteiger partial charge in [0.25, 0.3) is 5.69 Å². The van der Waals surface area contributed by atoms with Gasteiger partial charge in [0, 0.05) is 31.1 Å². The molecular formula is C19H28ClN3O5S. The minimum absolute atomic E-state index is 0.0413. The molecule has 29 heavy (non-hydrogen) atoms. The molecule has 0 radical (unpaired) electrons. The van der Waals surface area contributed by atoms with Gasteiger partial charge in [-0.2, -0.15) is 4.31 Å². The highest BCUT2D eigenvalue weighted by Crippen LogP contribution is 2.30. The molecule has 0 aliphatic carbocycles. The van der Waals surface area contributed by atoms with Crippen LogP contribution in [0.3, 0.4) is 0 Å². The van der Waals surface area contributed by atoms with Gasteiger partial charge in [-0.15, -0.1) is 0 Å². The van der Waals surface area contributed by atoms with Gasteiger partial charge in [0.05, 0.1) is 9.82 Å². The van der Waals surface area contributed by atoms with E-state index < -0.39 is 20.6 Å². The maximum atomic E-state index is 12.8. The van der Waals surface area contributed by atoms with Crippen molar-refractivity contribution >= 4 is 33.2 Å². The van der Waals surface area contributed by atoms with Crippen LogP contribution in [0.15, 0.2) is 23.1 Å². The first-order valence-electron chi connectivity index (χ1n) is 9.76. The lowest BCUT2D eigenvalue weighted by Gasteiger charge is -2.31. The van der Waals surface area contributed by atoms with Crippen molar-refractivity contribution < 1.29 is 18.1 Å². The van der Waals surface area contributed by atoms with Crippen molar-refractivity contribution in [2.45, 2.75) is 57.4 Å². The van der Waals surface area contributed by atoms with Gasteiger partial charge in [0.1, 0.15) is 5.02 Å². The molecule has 10 heteroatoms. The molecule has 0 spiro atoms. The number of halogens is 1. The number of benzene rings is 1. The Morgan fingerprint density at radius 1 is 1.28 bits per heavy atom. The summed E-state index contributed by atoms with van der Waals surface area (Å²) in [6.45, 7) is 6.64. The number of nitro groups is 1. The number of carbonyl (C=O) groups excluding carboxylic acids is 1. The summed E-state index contributed by atoms with van der Waals surface area (Å²) < 4.78 is 26.9. The summed E-state index contributed by atoms with van der Waals surface area (Å²) in [4.78, 5) is 22.6. The van der Waals surface area contributed by atoms with Crippen LogP contribution in [0.1, 0.15) is 46.5 Å². The molecule has 1 heterocycles. The number of nitrogens with zero attached hydrogens (tertiary/aromatic N) is 2. The highest BCUT2D eigenvalue weighted by Gasteiger charge is 2.33. The van der Waals surface area contributed by atoms with Crippen molar-refractivity contribution in [3.63, 3.8) is 0 Å². The van der Waals surface area contributed by atoms with E-state index in [-0.39, 0.29) is 40.9 Å². The molecule has 1 amide bonds. The van der Waals surface area contributed by atoms with Crippen LogP contribution in [-0.4, -0.2) is 42.7 Å². The van der Waals surface area contributed by atoms with E-state index in [1.54, 1.807) is 0 Å². The van der Waals surface area contributed by atoms with Crippen LogP contribution in [0, 0.1) is 22.0 Å². The summed E-state index contributed by atoms with van der Waals surface area (Å²) in [6.07, 6.45) is 2.77. The van der Waals surface area contributed by atoms with Crippen molar-refractivity contribution in [1.82, 2.24) is 9.62 Å². The lowest BCUT2D eigenvalue weighted by molar-refractivity contribution is -0.384. The Hall–Kier alpha value is -1.71. The molecule has 1 aliphatic rings. The van der Waals surface area contributed by atoms with E-state index in [2.05, 4.69) is 19.2 Å². The lowest BCUT2D eigenvalue weighted by Crippen LogP contribution is -2.44. The Morgan fingerprint density at radius 2 is 1.90 bits per heavy atom. The van der Waals surface area contributed by atoms with Gasteiger partial charge >= 0.3 is 0 Å². The zero-order valence-electron chi connectivity index (χ0n) is 16.9. The third-order valence-corrected chi connectivity index (χ3v) is 7.36. The second-order valence-corrected chi connectivity index (χ2v) is 10.3. The number of rotatable bonds is 8. The van der Waals surface area contributed by atoms with Crippen molar-refractivity contribution in [3.05, 3.63) is 33.3 Å². The van der Waals surface area contributed by atoms with Crippen LogP contribution in [0.25, 0.3) is 0 Å². The van der Waals surface area contributed by atoms with Gasteiger partial charge < -0.3 is 5.32 Å². The number of hydrogen-bond acceptors (Lipinski definition) is 5. The SMILES string of the molecule is CC(C)CCC(C)NC(=O)C1CCN(S(=O)(=O)c2ccc(Cl)c([N+](=O)[O-])c2)CC1. The zero-order valence-corrected chi connectivity index (χ0v) is 18.5. The first-order valence-corrected chi connectivity index (χ1v) is 11.6. The van der Waals surface area contributed by atoms with E-state index in [0.29, 0.717) is 18.8 Å². The first-order chi connectivity index (χ1) is 13.5. The van der Waals surface area contributed by atoms with Crippen LogP contribution >= 0.6 is 11.6 Å². The smallest absolute Gasteiger partial charge is 0.289 e. The van der Waals surface area contributed by atoms with Crippen LogP contribution in [0.5, 0.6) is 0 Å². The van der Waals surface area contributed by atoms with Gasteiger partial charge in [-0.05, 0) is 50.7 Å². The summed E-state index contributed by atoms with van der Waals surface area (Å²) in [5.41, 5.74) is -0.447. The van der Waals surface area contributed by atoms with Crippen molar-refractivity contribution in [1.29, 1.82) is 0 Å². The minimum Gasteiger partial charge on any atom is -0.353 e. The molecule has 0 saturated carbocycles. The molecule has 1 saturated heterocycles. The average molecular weight is 446 g/mol. The van der Waals surface area contributed by atoms with E-state index in [0.717, 1.165) is 18.9 Å². The van der Waals surface area contributed by atoms with Crippen molar-refractivity contribution in [2.75, 3.05) is 13.1 Å².